The van der Waals surface area contributed by atoms with E-state index in [0.717, 1.165) is 11.3 Å². The van der Waals surface area contributed by atoms with E-state index >= 15 is 0 Å². The standard InChI is InChI=1S/C21H26N2O3/c1-5-26-18-11-9-15(10-12-18)13-19(24)22-17-8-6-7-16(14-17)20(25)23-21(2,3)4/h6-12,14H,5,13H2,1-4H3,(H,22,24)(H,23,25). The van der Waals surface area contributed by atoms with Crippen molar-refractivity contribution in [2.45, 2.75) is 39.7 Å². The summed E-state index contributed by atoms with van der Waals surface area (Å²) in [6.45, 7) is 8.31. The molecule has 0 aliphatic rings. The second-order valence-electron chi connectivity index (χ2n) is 7.09. The van der Waals surface area contributed by atoms with Crippen LogP contribution in [-0.4, -0.2) is 24.0 Å². The molecular formula is C21H26N2O3. The summed E-state index contributed by atoms with van der Waals surface area (Å²) in [4.78, 5) is 24.5. The number of benzene rings is 2. The number of anilines is 1. The van der Waals surface area contributed by atoms with Crippen LogP contribution < -0.4 is 15.4 Å². The van der Waals surface area contributed by atoms with E-state index in [0.29, 0.717) is 17.9 Å². The first-order valence-corrected chi connectivity index (χ1v) is 8.71. The van der Waals surface area contributed by atoms with Gasteiger partial charge in [0.2, 0.25) is 5.91 Å². The molecule has 2 N–H and O–H groups in total. The molecule has 2 rings (SSSR count). The van der Waals surface area contributed by atoms with Crippen molar-refractivity contribution in [1.29, 1.82) is 0 Å². The quantitative estimate of drug-likeness (QED) is 0.829. The smallest absolute Gasteiger partial charge is 0.251 e. The predicted octanol–water partition coefficient (Wildman–Crippen LogP) is 3.79. The number of amides is 2. The summed E-state index contributed by atoms with van der Waals surface area (Å²) < 4.78 is 5.39. The number of carbonyl (C=O) groups excluding carboxylic acids is 2. The van der Waals surface area contributed by atoms with Gasteiger partial charge >= 0.3 is 0 Å². The average Bonchev–Trinajstić information content (AvgIpc) is 2.55. The predicted molar refractivity (Wildman–Crippen MR) is 104 cm³/mol. The molecule has 0 heterocycles. The zero-order valence-corrected chi connectivity index (χ0v) is 15.8. The fraction of sp³-hybridized carbons (Fsp3) is 0.333. The molecule has 0 spiro atoms. The molecule has 0 unspecified atom stereocenters. The Hall–Kier alpha value is -2.82. The Kier molecular flexibility index (Phi) is 6.39. The fourth-order valence-electron chi connectivity index (χ4n) is 2.41. The zero-order chi connectivity index (χ0) is 19.2. The van der Waals surface area contributed by atoms with Gasteiger partial charge in [0.15, 0.2) is 0 Å². The van der Waals surface area contributed by atoms with Gasteiger partial charge in [-0.1, -0.05) is 18.2 Å². The molecule has 0 aliphatic heterocycles. The van der Waals surface area contributed by atoms with Gasteiger partial charge < -0.3 is 15.4 Å². The summed E-state index contributed by atoms with van der Waals surface area (Å²) >= 11 is 0. The van der Waals surface area contributed by atoms with Gasteiger partial charge in [-0.25, -0.2) is 0 Å². The molecule has 2 aromatic rings. The lowest BCUT2D eigenvalue weighted by Crippen LogP contribution is -2.40. The van der Waals surface area contributed by atoms with Crippen LogP contribution in [0.4, 0.5) is 5.69 Å². The normalized spacial score (nSPS) is 10.9. The van der Waals surface area contributed by atoms with Crippen molar-refractivity contribution in [3.8, 4) is 5.75 Å². The van der Waals surface area contributed by atoms with Crippen LogP contribution in [0.2, 0.25) is 0 Å². The highest BCUT2D eigenvalue weighted by Crippen LogP contribution is 2.15. The van der Waals surface area contributed by atoms with Gasteiger partial charge in [-0.2, -0.15) is 0 Å². The van der Waals surface area contributed by atoms with Crippen LogP contribution in [0.15, 0.2) is 48.5 Å². The van der Waals surface area contributed by atoms with E-state index in [1.54, 1.807) is 24.3 Å². The topological polar surface area (TPSA) is 67.4 Å². The zero-order valence-electron chi connectivity index (χ0n) is 15.8. The molecular weight excluding hydrogens is 328 g/mol. The molecule has 0 bridgehead atoms. The summed E-state index contributed by atoms with van der Waals surface area (Å²) in [5.41, 5.74) is 1.69. The van der Waals surface area contributed by atoms with Crippen molar-refractivity contribution < 1.29 is 14.3 Å². The molecule has 0 aromatic heterocycles. The third-order valence-electron chi connectivity index (χ3n) is 3.50. The minimum atomic E-state index is -0.315. The van der Waals surface area contributed by atoms with Crippen LogP contribution in [0.25, 0.3) is 0 Å². The van der Waals surface area contributed by atoms with Gasteiger partial charge in [0.1, 0.15) is 5.75 Å². The number of hydrogen-bond donors (Lipinski definition) is 2. The first-order valence-electron chi connectivity index (χ1n) is 8.71. The maximum absolute atomic E-state index is 12.3. The van der Waals surface area contributed by atoms with Crippen molar-refractivity contribution in [3.63, 3.8) is 0 Å². The summed E-state index contributed by atoms with van der Waals surface area (Å²) in [5.74, 6) is 0.483. The highest BCUT2D eigenvalue weighted by Gasteiger charge is 2.15. The largest absolute Gasteiger partial charge is 0.494 e. The number of nitrogens with one attached hydrogen (secondary N) is 2. The van der Waals surface area contributed by atoms with Gasteiger partial charge in [0.25, 0.3) is 5.91 Å². The van der Waals surface area contributed by atoms with E-state index in [4.69, 9.17) is 4.74 Å². The van der Waals surface area contributed by atoms with Crippen LogP contribution in [0, 0.1) is 0 Å². The lowest BCUT2D eigenvalue weighted by Gasteiger charge is -2.20. The van der Waals surface area contributed by atoms with E-state index in [1.165, 1.54) is 0 Å². The van der Waals surface area contributed by atoms with Gasteiger partial charge in [0.05, 0.1) is 13.0 Å². The van der Waals surface area contributed by atoms with Gasteiger partial charge in [0, 0.05) is 16.8 Å². The molecule has 2 amide bonds. The van der Waals surface area contributed by atoms with E-state index in [-0.39, 0.29) is 23.8 Å². The average molecular weight is 354 g/mol. The fourth-order valence-corrected chi connectivity index (χ4v) is 2.41. The lowest BCUT2D eigenvalue weighted by atomic mass is 10.1. The third-order valence-corrected chi connectivity index (χ3v) is 3.50. The molecule has 26 heavy (non-hydrogen) atoms. The number of ether oxygens (including phenoxy) is 1. The van der Waals surface area contributed by atoms with Crippen molar-refractivity contribution in [1.82, 2.24) is 5.32 Å². The molecule has 0 fully saturated rings. The Morgan fingerprint density at radius 1 is 1.04 bits per heavy atom. The van der Waals surface area contributed by atoms with Crippen molar-refractivity contribution in [2.75, 3.05) is 11.9 Å². The molecule has 0 saturated carbocycles. The summed E-state index contributed by atoms with van der Waals surface area (Å²) in [6.07, 6.45) is 0.255. The Balaban J connectivity index is 1.98. The minimum absolute atomic E-state index is 0.137. The minimum Gasteiger partial charge on any atom is -0.494 e. The Bertz CT molecular complexity index is 762. The molecule has 0 atom stereocenters. The summed E-state index contributed by atoms with van der Waals surface area (Å²) in [7, 11) is 0. The van der Waals surface area contributed by atoms with Crippen LogP contribution in [0.5, 0.6) is 5.75 Å². The Morgan fingerprint density at radius 2 is 1.73 bits per heavy atom. The third kappa shape index (κ3) is 6.24. The van der Waals surface area contributed by atoms with E-state index < -0.39 is 0 Å². The van der Waals surface area contributed by atoms with Gasteiger partial charge in [-0.15, -0.1) is 0 Å². The van der Waals surface area contributed by atoms with Crippen molar-refractivity contribution >= 4 is 17.5 Å². The molecule has 0 aliphatic carbocycles. The van der Waals surface area contributed by atoms with Gasteiger partial charge in [-0.05, 0) is 63.6 Å². The summed E-state index contributed by atoms with van der Waals surface area (Å²) in [6, 6.07) is 14.4. The maximum Gasteiger partial charge on any atom is 0.251 e. The number of carbonyl (C=O) groups is 2. The SMILES string of the molecule is CCOc1ccc(CC(=O)Nc2cccc(C(=O)NC(C)(C)C)c2)cc1. The van der Waals surface area contributed by atoms with E-state index in [1.807, 2.05) is 52.0 Å². The second kappa shape index (κ2) is 8.52. The first-order chi connectivity index (χ1) is 12.3. The second-order valence-corrected chi connectivity index (χ2v) is 7.09. The first kappa shape index (κ1) is 19.5. The van der Waals surface area contributed by atoms with Crippen LogP contribution in [0.1, 0.15) is 43.6 Å². The highest BCUT2D eigenvalue weighted by molar-refractivity contribution is 5.97. The Morgan fingerprint density at radius 3 is 2.35 bits per heavy atom. The molecule has 2 aromatic carbocycles. The van der Waals surface area contributed by atoms with Gasteiger partial charge in [-0.3, -0.25) is 9.59 Å². The monoisotopic (exact) mass is 354 g/mol. The van der Waals surface area contributed by atoms with Crippen molar-refractivity contribution in [2.24, 2.45) is 0 Å². The number of hydrogen-bond acceptors (Lipinski definition) is 3. The molecule has 138 valence electrons. The maximum atomic E-state index is 12.3. The molecule has 5 nitrogen and oxygen atoms in total. The molecule has 0 radical (unpaired) electrons. The van der Waals surface area contributed by atoms with E-state index in [9.17, 15) is 9.59 Å². The van der Waals surface area contributed by atoms with Crippen LogP contribution in [0.3, 0.4) is 0 Å². The Labute approximate surface area is 154 Å². The lowest BCUT2D eigenvalue weighted by molar-refractivity contribution is -0.115. The van der Waals surface area contributed by atoms with Crippen molar-refractivity contribution in [3.05, 3.63) is 59.7 Å². The highest BCUT2D eigenvalue weighted by atomic mass is 16.5. The summed E-state index contributed by atoms with van der Waals surface area (Å²) in [5, 5.41) is 5.75. The number of rotatable bonds is 6. The van der Waals surface area contributed by atoms with E-state index in [2.05, 4.69) is 10.6 Å². The van der Waals surface area contributed by atoms with Crippen LogP contribution in [-0.2, 0) is 11.2 Å². The molecule has 0 saturated heterocycles. The molecule has 5 heteroatoms. The van der Waals surface area contributed by atoms with Crippen LogP contribution >= 0.6 is 0 Å².